The molecule has 0 spiro atoms. The van der Waals surface area contributed by atoms with Crippen molar-refractivity contribution in [3.8, 4) is 0 Å². The molecule has 0 unspecified atom stereocenters. The molecular formula is C8H6BrN3. The quantitative estimate of drug-likeness (QED) is 0.414. The van der Waals surface area contributed by atoms with E-state index in [2.05, 4.69) is 26.0 Å². The standard InChI is InChI=1S/C8H6BrN3/c9-6-5-7-3-1-2-4-8(7)11-12-10/h1-6H. The van der Waals surface area contributed by atoms with Crippen LogP contribution < -0.4 is 0 Å². The van der Waals surface area contributed by atoms with E-state index in [0.717, 1.165) is 5.56 Å². The molecular weight excluding hydrogens is 218 g/mol. The van der Waals surface area contributed by atoms with Gasteiger partial charge in [-0.15, -0.1) is 0 Å². The SMILES string of the molecule is [N-]=[N+]=Nc1ccccc1C=CBr. The summed E-state index contributed by atoms with van der Waals surface area (Å²) in [5.41, 5.74) is 9.77. The van der Waals surface area contributed by atoms with Gasteiger partial charge in [-0.3, -0.25) is 0 Å². The summed E-state index contributed by atoms with van der Waals surface area (Å²) in [6, 6.07) is 7.36. The second-order valence-corrected chi connectivity index (χ2v) is 2.57. The van der Waals surface area contributed by atoms with Crippen LogP contribution in [0, 0.1) is 0 Å². The van der Waals surface area contributed by atoms with Crippen LogP contribution in [0.4, 0.5) is 5.69 Å². The second-order valence-electron chi connectivity index (χ2n) is 2.04. The molecule has 0 N–H and O–H groups in total. The Labute approximate surface area is 78.5 Å². The predicted octanol–water partition coefficient (Wildman–Crippen LogP) is 3.99. The monoisotopic (exact) mass is 223 g/mol. The molecule has 0 aromatic heterocycles. The largest absolute Gasteiger partial charge is 0.0618 e. The molecule has 0 radical (unpaired) electrons. The van der Waals surface area contributed by atoms with Gasteiger partial charge in [0.2, 0.25) is 0 Å². The van der Waals surface area contributed by atoms with Crippen LogP contribution in [0.15, 0.2) is 34.4 Å². The van der Waals surface area contributed by atoms with Gasteiger partial charge in [-0.2, -0.15) is 0 Å². The Morgan fingerprint density at radius 2 is 2.17 bits per heavy atom. The van der Waals surface area contributed by atoms with Crippen LogP contribution in [0.3, 0.4) is 0 Å². The molecule has 1 aromatic rings. The average molecular weight is 224 g/mol. The fourth-order valence-electron chi connectivity index (χ4n) is 0.836. The zero-order valence-electron chi connectivity index (χ0n) is 6.18. The van der Waals surface area contributed by atoms with Crippen molar-refractivity contribution in [3.05, 3.63) is 45.3 Å². The van der Waals surface area contributed by atoms with Gasteiger partial charge in [-0.25, -0.2) is 0 Å². The Hall–Kier alpha value is -1.25. The van der Waals surface area contributed by atoms with E-state index in [-0.39, 0.29) is 0 Å². The molecule has 0 aliphatic heterocycles. The molecule has 1 rings (SSSR count). The summed E-state index contributed by atoms with van der Waals surface area (Å²) >= 11 is 3.16. The Morgan fingerprint density at radius 1 is 1.42 bits per heavy atom. The number of nitrogens with zero attached hydrogens (tertiary/aromatic N) is 3. The number of halogens is 1. The number of rotatable bonds is 2. The van der Waals surface area contributed by atoms with Crippen LogP contribution in [-0.4, -0.2) is 0 Å². The molecule has 0 atom stereocenters. The molecule has 3 nitrogen and oxygen atoms in total. The molecule has 1 aromatic carbocycles. The Bertz CT molecular complexity index is 340. The van der Waals surface area contributed by atoms with Gasteiger partial charge in [0.05, 0.1) is 0 Å². The zero-order valence-corrected chi connectivity index (χ0v) is 7.77. The molecule has 12 heavy (non-hydrogen) atoms. The maximum Gasteiger partial charge on any atom is 0.0447 e. The van der Waals surface area contributed by atoms with Gasteiger partial charge in [0.1, 0.15) is 0 Å². The van der Waals surface area contributed by atoms with Crippen LogP contribution in [0.1, 0.15) is 5.56 Å². The highest BCUT2D eigenvalue weighted by Gasteiger charge is 1.92. The summed E-state index contributed by atoms with van der Waals surface area (Å²) in [7, 11) is 0. The van der Waals surface area contributed by atoms with Gasteiger partial charge in [-0.05, 0) is 22.2 Å². The smallest absolute Gasteiger partial charge is 0.0447 e. The van der Waals surface area contributed by atoms with Gasteiger partial charge in [0.15, 0.2) is 0 Å². The Kier molecular flexibility index (Phi) is 3.38. The summed E-state index contributed by atoms with van der Waals surface area (Å²) in [6.07, 6.45) is 1.82. The Balaban J connectivity index is 3.16. The van der Waals surface area contributed by atoms with Crippen LogP contribution >= 0.6 is 15.9 Å². The summed E-state index contributed by atoms with van der Waals surface area (Å²) < 4.78 is 0. The molecule has 0 saturated heterocycles. The van der Waals surface area contributed by atoms with Gasteiger partial charge < -0.3 is 0 Å². The van der Waals surface area contributed by atoms with E-state index in [0.29, 0.717) is 5.69 Å². The number of azide groups is 1. The van der Waals surface area contributed by atoms with Crippen molar-refractivity contribution >= 4 is 27.7 Å². The van der Waals surface area contributed by atoms with Gasteiger partial charge in [-0.1, -0.05) is 45.3 Å². The lowest BCUT2D eigenvalue weighted by atomic mass is 10.2. The molecule has 0 amide bonds. The molecule has 0 saturated carbocycles. The first-order valence-electron chi connectivity index (χ1n) is 3.29. The summed E-state index contributed by atoms with van der Waals surface area (Å²) in [4.78, 5) is 4.45. The van der Waals surface area contributed by atoms with E-state index < -0.39 is 0 Å². The molecule has 0 aliphatic carbocycles. The molecule has 60 valence electrons. The second kappa shape index (κ2) is 4.59. The highest BCUT2D eigenvalue weighted by atomic mass is 79.9. The number of hydrogen-bond acceptors (Lipinski definition) is 1. The molecule has 0 heterocycles. The molecule has 0 bridgehead atoms. The lowest BCUT2D eigenvalue weighted by molar-refractivity contribution is 1.46. The molecule has 0 fully saturated rings. The third-order valence-electron chi connectivity index (χ3n) is 1.33. The third-order valence-corrected chi connectivity index (χ3v) is 1.60. The first-order valence-corrected chi connectivity index (χ1v) is 4.21. The van der Waals surface area contributed by atoms with Crippen molar-refractivity contribution in [3.63, 3.8) is 0 Å². The fraction of sp³-hybridized carbons (Fsp3) is 0. The first-order chi connectivity index (χ1) is 5.88. The molecule has 0 aliphatic rings. The first kappa shape index (κ1) is 8.84. The van der Waals surface area contributed by atoms with Crippen molar-refractivity contribution in [2.45, 2.75) is 0 Å². The van der Waals surface area contributed by atoms with Gasteiger partial charge in [0, 0.05) is 10.6 Å². The summed E-state index contributed by atoms with van der Waals surface area (Å²) in [6.45, 7) is 0. The van der Waals surface area contributed by atoms with Crippen molar-refractivity contribution < 1.29 is 0 Å². The van der Waals surface area contributed by atoms with Gasteiger partial charge >= 0.3 is 0 Å². The fourth-order valence-corrected chi connectivity index (χ4v) is 1.12. The maximum atomic E-state index is 8.23. The van der Waals surface area contributed by atoms with Crippen molar-refractivity contribution in [2.75, 3.05) is 0 Å². The normalized spacial score (nSPS) is 9.75. The minimum absolute atomic E-state index is 0.635. The van der Waals surface area contributed by atoms with Crippen LogP contribution in [0.5, 0.6) is 0 Å². The van der Waals surface area contributed by atoms with Crippen LogP contribution in [-0.2, 0) is 0 Å². The Morgan fingerprint density at radius 3 is 2.83 bits per heavy atom. The highest BCUT2D eigenvalue weighted by Crippen LogP contribution is 2.20. The number of hydrogen-bond donors (Lipinski definition) is 0. The van der Waals surface area contributed by atoms with Crippen molar-refractivity contribution in [1.29, 1.82) is 0 Å². The maximum absolute atomic E-state index is 8.23. The minimum Gasteiger partial charge on any atom is -0.0618 e. The third kappa shape index (κ3) is 2.12. The van der Waals surface area contributed by atoms with Crippen molar-refractivity contribution in [1.82, 2.24) is 0 Å². The lowest BCUT2D eigenvalue weighted by Gasteiger charge is -1.95. The lowest BCUT2D eigenvalue weighted by Crippen LogP contribution is -1.70. The highest BCUT2D eigenvalue weighted by molar-refractivity contribution is 9.11. The average Bonchev–Trinajstić information content (AvgIpc) is 2.09. The van der Waals surface area contributed by atoms with E-state index in [9.17, 15) is 0 Å². The van der Waals surface area contributed by atoms with E-state index in [4.69, 9.17) is 5.53 Å². The van der Waals surface area contributed by atoms with E-state index in [1.54, 1.807) is 11.1 Å². The minimum atomic E-state index is 0.635. The van der Waals surface area contributed by atoms with Crippen LogP contribution in [0.2, 0.25) is 0 Å². The predicted molar refractivity (Wildman–Crippen MR) is 53.2 cm³/mol. The number of benzene rings is 1. The van der Waals surface area contributed by atoms with E-state index in [1.807, 2.05) is 24.3 Å². The van der Waals surface area contributed by atoms with E-state index in [1.165, 1.54) is 0 Å². The van der Waals surface area contributed by atoms with Crippen molar-refractivity contribution in [2.24, 2.45) is 5.11 Å². The van der Waals surface area contributed by atoms with Gasteiger partial charge in [0.25, 0.3) is 0 Å². The molecule has 4 heteroatoms. The topological polar surface area (TPSA) is 48.8 Å². The summed E-state index contributed by atoms with van der Waals surface area (Å²) in [5, 5.41) is 3.53. The zero-order chi connectivity index (χ0) is 8.81. The van der Waals surface area contributed by atoms with Crippen LogP contribution in [0.25, 0.3) is 16.5 Å². The van der Waals surface area contributed by atoms with E-state index >= 15 is 0 Å². The summed E-state index contributed by atoms with van der Waals surface area (Å²) in [5.74, 6) is 0.